The second-order valence-corrected chi connectivity index (χ2v) is 8.77. The normalized spacial score (nSPS) is 11.2. The number of aromatic nitrogens is 3. The Balaban J connectivity index is 1.85. The lowest BCUT2D eigenvalue weighted by atomic mass is 10.0. The SMILES string of the molecule is COCCCSc1sc2nc(-c3cnc(=O)[nH]c3)cc(-c3ccccc3)c2c1N. The van der Waals surface area contributed by atoms with Crippen molar-refractivity contribution in [1.29, 1.82) is 0 Å². The van der Waals surface area contributed by atoms with Crippen LogP contribution >= 0.6 is 23.1 Å². The molecule has 0 saturated heterocycles. The minimum Gasteiger partial charge on any atom is -0.397 e. The number of hydrogen-bond donors (Lipinski definition) is 2. The number of fused-ring (bicyclic) bond motifs is 1. The standard InChI is InChI=1S/C21H20N4O2S2/c1-27-8-5-9-28-20-18(22)17-15(13-6-3-2-4-7-13)10-16(25-19(17)29-20)14-11-23-21(26)24-12-14/h2-4,6-7,10-12H,5,8-9,22H2,1H3,(H,23,24,26). The van der Waals surface area contributed by atoms with E-state index in [0.29, 0.717) is 0 Å². The van der Waals surface area contributed by atoms with E-state index in [2.05, 4.69) is 22.1 Å². The number of pyridine rings is 1. The van der Waals surface area contributed by atoms with Crippen LogP contribution in [0.2, 0.25) is 0 Å². The topological polar surface area (TPSA) is 93.9 Å². The van der Waals surface area contributed by atoms with Crippen molar-refractivity contribution in [3.63, 3.8) is 0 Å². The minimum atomic E-state index is -0.381. The fourth-order valence-corrected chi connectivity index (χ4v) is 5.33. The van der Waals surface area contributed by atoms with Gasteiger partial charge in [-0.2, -0.15) is 0 Å². The van der Waals surface area contributed by atoms with Gasteiger partial charge in [0.2, 0.25) is 0 Å². The van der Waals surface area contributed by atoms with Crippen molar-refractivity contribution in [1.82, 2.24) is 15.0 Å². The summed E-state index contributed by atoms with van der Waals surface area (Å²) >= 11 is 3.33. The van der Waals surface area contributed by atoms with Crippen molar-refractivity contribution < 1.29 is 4.74 Å². The van der Waals surface area contributed by atoms with Crippen LogP contribution in [0.5, 0.6) is 0 Å². The van der Waals surface area contributed by atoms with Crippen LogP contribution in [0, 0.1) is 0 Å². The zero-order valence-corrected chi connectivity index (χ0v) is 17.5. The Hall–Kier alpha value is -2.68. The second-order valence-electron chi connectivity index (χ2n) is 6.41. The summed E-state index contributed by atoms with van der Waals surface area (Å²) in [6.45, 7) is 0.731. The van der Waals surface area contributed by atoms with E-state index in [1.807, 2.05) is 24.3 Å². The maximum atomic E-state index is 11.3. The van der Waals surface area contributed by atoms with Crippen LogP contribution in [-0.2, 0) is 4.74 Å². The highest BCUT2D eigenvalue weighted by atomic mass is 32.2. The quantitative estimate of drug-likeness (QED) is 0.337. The van der Waals surface area contributed by atoms with Gasteiger partial charge in [-0.05, 0) is 23.6 Å². The summed E-state index contributed by atoms with van der Waals surface area (Å²) in [5.74, 6) is 0.933. The molecule has 29 heavy (non-hydrogen) atoms. The number of anilines is 1. The molecule has 0 aliphatic rings. The summed E-state index contributed by atoms with van der Waals surface area (Å²) in [4.78, 5) is 23.5. The number of ether oxygens (including phenoxy) is 1. The highest BCUT2D eigenvalue weighted by molar-refractivity contribution is 8.01. The van der Waals surface area contributed by atoms with Gasteiger partial charge in [0, 0.05) is 42.8 Å². The van der Waals surface area contributed by atoms with Crippen molar-refractivity contribution in [2.75, 3.05) is 25.2 Å². The Morgan fingerprint density at radius 1 is 1.24 bits per heavy atom. The number of H-pyrrole nitrogens is 1. The number of thiophene rings is 1. The lowest BCUT2D eigenvalue weighted by Crippen LogP contribution is -2.08. The van der Waals surface area contributed by atoms with Crippen LogP contribution in [0.25, 0.3) is 32.6 Å². The van der Waals surface area contributed by atoms with E-state index in [0.717, 1.165) is 61.3 Å². The van der Waals surface area contributed by atoms with Gasteiger partial charge in [0.1, 0.15) is 4.83 Å². The maximum absolute atomic E-state index is 11.3. The molecular weight excluding hydrogens is 404 g/mol. The summed E-state index contributed by atoms with van der Waals surface area (Å²) in [6, 6.07) is 12.1. The summed E-state index contributed by atoms with van der Waals surface area (Å²) in [6.07, 6.45) is 4.14. The van der Waals surface area contributed by atoms with E-state index in [9.17, 15) is 4.79 Å². The van der Waals surface area contributed by atoms with Crippen LogP contribution in [-0.4, -0.2) is 34.4 Å². The molecule has 0 radical (unpaired) electrons. The highest BCUT2D eigenvalue weighted by Gasteiger charge is 2.18. The number of nitrogens with two attached hydrogens (primary N) is 1. The maximum Gasteiger partial charge on any atom is 0.344 e. The van der Waals surface area contributed by atoms with Crippen LogP contribution < -0.4 is 11.4 Å². The van der Waals surface area contributed by atoms with Crippen molar-refractivity contribution in [2.24, 2.45) is 0 Å². The van der Waals surface area contributed by atoms with Gasteiger partial charge < -0.3 is 15.5 Å². The predicted molar refractivity (Wildman–Crippen MR) is 121 cm³/mol. The first kappa shape index (κ1) is 19.6. The first-order valence-electron chi connectivity index (χ1n) is 9.12. The molecular formula is C21H20N4O2S2. The number of nitrogens with one attached hydrogen (secondary N) is 1. The van der Waals surface area contributed by atoms with E-state index in [1.54, 1.807) is 42.6 Å². The fraction of sp³-hybridized carbons (Fsp3) is 0.190. The number of methoxy groups -OCH3 is 1. The monoisotopic (exact) mass is 424 g/mol. The van der Waals surface area contributed by atoms with Gasteiger partial charge in [-0.1, -0.05) is 30.3 Å². The van der Waals surface area contributed by atoms with Gasteiger partial charge in [0.25, 0.3) is 0 Å². The summed E-state index contributed by atoms with van der Waals surface area (Å²) in [5.41, 5.74) is 10.5. The molecule has 6 nitrogen and oxygen atoms in total. The molecule has 0 saturated carbocycles. The molecule has 3 heterocycles. The van der Waals surface area contributed by atoms with Crippen molar-refractivity contribution in [2.45, 2.75) is 10.6 Å². The van der Waals surface area contributed by atoms with E-state index in [4.69, 9.17) is 15.5 Å². The lowest BCUT2D eigenvalue weighted by Gasteiger charge is -2.08. The van der Waals surface area contributed by atoms with Crippen LogP contribution in [0.4, 0.5) is 5.69 Å². The Morgan fingerprint density at radius 2 is 2.07 bits per heavy atom. The molecule has 0 fully saturated rings. The van der Waals surface area contributed by atoms with Gasteiger partial charge in [0.05, 0.1) is 15.6 Å². The third-order valence-corrected chi connectivity index (χ3v) is 6.92. The molecule has 3 aromatic heterocycles. The molecule has 3 N–H and O–H groups in total. The average molecular weight is 425 g/mol. The highest BCUT2D eigenvalue weighted by Crippen LogP contribution is 2.45. The van der Waals surface area contributed by atoms with Crippen molar-refractivity contribution in [3.8, 4) is 22.4 Å². The van der Waals surface area contributed by atoms with Crippen LogP contribution in [0.3, 0.4) is 0 Å². The van der Waals surface area contributed by atoms with E-state index >= 15 is 0 Å². The van der Waals surface area contributed by atoms with Crippen LogP contribution in [0.15, 0.2) is 57.8 Å². The van der Waals surface area contributed by atoms with Gasteiger partial charge in [0.15, 0.2) is 0 Å². The Labute approximate surface area is 176 Å². The average Bonchev–Trinajstić information content (AvgIpc) is 3.07. The molecule has 4 aromatic rings. The lowest BCUT2D eigenvalue weighted by molar-refractivity contribution is 0.200. The van der Waals surface area contributed by atoms with Gasteiger partial charge in [-0.15, -0.1) is 23.1 Å². The second kappa shape index (κ2) is 8.77. The molecule has 0 aliphatic carbocycles. The molecule has 8 heteroatoms. The van der Waals surface area contributed by atoms with E-state index < -0.39 is 0 Å². The van der Waals surface area contributed by atoms with E-state index in [-0.39, 0.29) is 5.69 Å². The number of nitrogens with zero attached hydrogens (tertiary/aromatic N) is 2. The van der Waals surface area contributed by atoms with Gasteiger partial charge in [-0.25, -0.2) is 14.8 Å². The smallest absolute Gasteiger partial charge is 0.344 e. The zero-order chi connectivity index (χ0) is 20.2. The summed E-state index contributed by atoms with van der Waals surface area (Å²) in [7, 11) is 1.71. The minimum absolute atomic E-state index is 0.381. The van der Waals surface area contributed by atoms with Crippen LogP contribution in [0.1, 0.15) is 6.42 Å². The Morgan fingerprint density at radius 3 is 2.79 bits per heavy atom. The zero-order valence-electron chi connectivity index (χ0n) is 15.8. The third kappa shape index (κ3) is 4.19. The molecule has 148 valence electrons. The molecule has 0 unspecified atom stereocenters. The molecule has 0 aliphatic heterocycles. The largest absolute Gasteiger partial charge is 0.397 e. The molecule has 1 aromatic carbocycles. The number of thioether (sulfide) groups is 1. The number of nitrogen functional groups attached to an aromatic ring is 1. The van der Waals surface area contributed by atoms with E-state index in [1.165, 1.54) is 0 Å². The number of rotatable bonds is 7. The van der Waals surface area contributed by atoms with Gasteiger partial charge >= 0.3 is 5.69 Å². The Bertz CT molecular complexity index is 1170. The molecule has 0 amide bonds. The number of hydrogen-bond acceptors (Lipinski definition) is 7. The summed E-state index contributed by atoms with van der Waals surface area (Å²) in [5, 5.41) is 0.969. The summed E-state index contributed by atoms with van der Waals surface area (Å²) < 4.78 is 6.20. The third-order valence-electron chi connectivity index (χ3n) is 4.44. The van der Waals surface area contributed by atoms with Crippen molar-refractivity contribution >= 4 is 39.0 Å². The molecule has 0 bridgehead atoms. The molecule has 0 spiro atoms. The molecule has 0 atom stereocenters. The van der Waals surface area contributed by atoms with Crippen molar-refractivity contribution in [3.05, 3.63) is 59.3 Å². The molecule has 4 rings (SSSR count). The predicted octanol–water partition coefficient (Wildman–Crippen LogP) is 4.42. The van der Waals surface area contributed by atoms with Gasteiger partial charge in [-0.3, -0.25) is 0 Å². The fourth-order valence-electron chi connectivity index (χ4n) is 3.05. The first-order valence-corrected chi connectivity index (χ1v) is 10.9. The number of benzene rings is 1. The first-order chi connectivity index (χ1) is 14.2. The Kier molecular flexibility index (Phi) is 5.94. The number of aromatic amines is 1.